The summed E-state index contributed by atoms with van der Waals surface area (Å²) in [6.07, 6.45) is -16.0. The summed E-state index contributed by atoms with van der Waals surface area (Å²) in [5.74, 6) is -6.03. The summed E-state index contributed by atoms with van der Waals surface area (Å²) < 4.78 is 73.8. The number of alkyl halides is 1. The molecule has 266 valence electrons. The van der Waals surface area contributed by atoms with E-state index in [1.165, 1.54) is 0 Å². The van der Waals surface area contributed by atoms with Crippen molar-refractivity contribution in [2.75, 3.05) is 26.5 Å². The molecule has 0 spiro atoms. The average Bonchev–Trinajstić information content (AvgIpc) is 2.94. The lowest BCUT2D eigenvalue weighted by Crippen LogP contribution is -2.67. The third kappa shape index (κ3) is 12.3. The molecule has 18 nitrogen and oxygen atoms in total. The Morgan fingerprint density at radius 2 is 0.851 bits per heavy atom. The maximum atomic E-state index is 13.3. The van der Waals surface area contributed by atoms with Gasteiger partial charge in [-0.3, -0.25) is 33.6 Å². The maximum absolute atomic E-state index is 13.3. The van der Waals surface area contributed by atoms with Gasteiger partial charge in [0.05, 0.1) is 6.61 Å². The first kappa shape index (κ1) is 39.2. The monoisotopic (exact) mass is 682 g/mol. The second-order valence-electron chi connectivity index (χ2n) is 10.2. The molecule has 2 aliphatic rings. The van der Waals surface area contributed by atoms with E-state index >= 15 is 0 Å². The fourth-order valence-corrected chi connectivity index (χ4v) is 4.76. The third-order valence-electron chi connectivity index (χ3n) is 6.24. The van der Waals surface area contributed by atoms with Crippen molar-refractivity contribution >= 4 is 41.8 Å². The van der Waals surface area contributed by atoms with Gasteiger partial charge in [0.2, 0.25) is 0 Å². The van der Waals surface area contributed by atoms with E-state index in [9.17, 15) is 38.0 Å². The van der Waals surface area contributed by atoms with E-state index in [0.717, 1.165) is 48.5 Å². The molecule has 0 aliphatic carbocycles. The summed E-state index contributed by atoms with van der Waals surface area (Å²) in [5, 5.41) is 0. The van der Waals surface area contributed by atoms with E-state index in [-0.39, 0.29) is 0 Å². The Balaban J connectivity index is 2.69. The van der Waals surface area contributed by atoms with Crippen molar-refractivity contribution in [1.29, 1.82) is 0 Å². The van der Waals surface area contributed by atoms with Gasteiger partial charge in [-0.1, -0.05) is 0 Å². The fraction of sp³-hybridized carbons (Fsp3) is 0.750. The zero-order valence-corrected chi connectivity index (χ0v) is 26.8. The van der Waals surface area contributed by atoms with Crippen LogP contribution in [0.25, 0.3) is 0 Å². The maximum Gasteiger partial charge on any atom is 0.303 e. The molecule has 0 unspecified atom stereocenters. The molecule has 0 aromatic rings. The zero-order valence-electron chi connectivity index (χ0n) is 26.8. The van der Waals surface area contributed by atoms with Crippen LogP contribution in [0.3, 0.4) is 0 Å². The van der Waals surface area contributed by atoms with Gasteiger partial charge >= 0.3 is 41.8 Å². The van der Waals surface area contributed by atoms with Gasteiger partial charge < -0.3 is 52.1 Å². The molecule has 0 radical (unpaired) electrons. The highest BCUT2D eigenvalue weighted by molar-refractivity contribution is 5.69. The molecule has 0 saturated carbocycles. The van der Waals surface area contributed by atoms with Crippen LogP contribution < -0.4 is 0 Å². The van der Waals surface area contributed by atoms with Crippen LogP contribution in [0.1, 0.15) is 48.5 Å². The van der Waals surface area contributed by atoms with E-state index in [1.54, 1.807) is 0 Å². The van der Waals surface area contributed by atoms with Crippen molar-refractivity contribution < 1.29 is 90.1 Å². The molecule has 47 heavy (non-hydrogen) atoms. The molecule has 2 heterocycles. The van der Waals surface area contributed by atoms with Gasteiger partial charge in [0.15, 0.2) is 49.2 Å². The first-order valence-corrected chi connectivity index (χ1v) is 14.3. The molecule has 0 N–H and O–H groups in total. The SMILES string of the molecule is CC(=O)OC[C@@H]1O[C@H](OCCF)[C@@H](O[C@H]2O[C@H](COC(C)=O)[C@@H](OC(C)=O)[C@H](OC(C)=O)[C@@H]2OC(C)=O)[C@@H](OC(C)=O)[C@@H]1OC(C)=O. The highest BCUT2D eigenvalue weighted by Gasteiger charge is 2.57. The molecule has 0 aromatic heterocycles. The third-order valence-corrected chi connectivity index (χ3v) is 6.24. The van der Waals surface area contributed by atoms with E-state index in [0.29, 0.717) is 0 Å². The van der Waals surface area contributed by atoms with Crippen LogP contribution >= 0.6 is 0 Å². The minimum absolute atomic E-state index is 0.535. The number of esters is 7. The largest absolute Gasteiger partial charge is 0.463 e. The Morgan fingerprint density at radius 3 is 1.23 bits per heavy atom. The van der Waals surface area contributed by atoms with Crippen LogP contribution in [-0.2, 0) is 85.7 Å². The molecule has 2 saturated heterocycles. The van der Waals surface area contributed by atoms with Crippen LogP contribution in [0.5, 0.6) is 0 Å². The lowest BCUT2D eigenvalue weighted by molar-refractivity contribution is -0.368. The quantitative estimate of drug-likeness (QED) is 0.168. The molecule has 19 heteroatoms. The summed E-state index contributed by atoms with van der Waals surface area (Å²) in [7, 11) is 0. The Morgan fingerprint density at radius 1 is 0.489 bits per heavy atom. The lowest BCUT2D eigenvalue weighted by atomic mass is 9.96. The van der Waals surface area contributed by atoms with Crippen LogP contribution in [0.2, 0.25) is 0 Å². The van der Waals surface area contributed by atoms with E-state index < -0.39 is 130 Å². The normalized spacial score (nSPS) is 30.2. The van der Waals surface area contributed by atoms with Crippen molar-refractivity contribution in [1.82, 2.24) is 0 Å². The van der Waals surface area contributed by atoms with Gasteiger partial charge in [-0.2, -0.15) is 0 Å². The molecular weight excluding hydrogens is 643 g/mol. The smallest absolute Gasteiger partial charge is 0.303 e. The predicted molar refractivity (Wildman–Crippen MR) is 145 cm³/mol. The number of rotatable bonds is 14. The number of hydrogen-bond donors (Lipinski definition) is 0. The van der Waals surface area contributed by atoms with Crippen LogP contribution in [-0.4, -0.2) is 130 Å². The lowest BCUT2D eigenvalue weighted by Gasteiger charge is -2.48. The van der Waals surface area contributed by atoms with Crippen LogP contribution in [0.15, 0.2) is 0 Å². The van der Waals surface area contributed by atoms with E-state index in [2.05, 4.69) is 0 Å². The number of carbonyl (C=O) groups excluding carboxylic acids is 7. The van der Waals surface area contributed by atoms with Crippen LogP contribution in [0, 0.1) is 0 Å². The fourth-order valence-electron chi connectivity index (χ4n) is 4.76. The Kier molecular flexibility index (Phi) is 15.4. The molecule has 0 aromatic carbocycles. The predicted octanol–water partition coefficient (Wildman–Crippen LogP) is -0.408. The number of hydrogen-bond acceptors (Lipinski definition) is 18. The van der Waals surface area contributed by atoms with Crippen molar-refractivity contribution in [2.24, 2.45) is 0 Å². The highest BCUT2D eigenvalue weighted by atomic mass is 19.1. The van der Waals surface area contributed by atoms with Crippen molar-refractivity contribution in [3.63, 3.8) is 0 Å². The zero-order chi connectivity index (χ0) is 35.4. The summed E-state index contributed by atoms with van der Waals surface area (Å²) in [5.41, 5.74) is 0. The average molecular weight is 683 g/mol. The van der Waals surface area contributed by atoms with Gasteiger partial charge in [0, 0.05) is 48.5 Å². The van der Waals surface area contributed by atoms with E-state index in [4.69, 9.17) is 52.1 Å². The van der Waals surface area contributed by atoms with Gasteiger partial charge in [-0.25, -0.2) is 4.39 Å². The Hall–Kier alpha value is -3.94. The summed E-state index contributed by atoms with van der Waals surface area (Å²) in [6, 6.07) is 0. The summed E-state index contributed by atoms with van der Waals surface area (Å²) >= 11 is 0. The first-order valence-electron chi connectivity index (χ1n) is 14.3. The second kappa shape index (κ2) is 18.4. The summed E-state index contributed by atoms with van der Waals surface area (Å²) in [6.45, 7) is 4.55. The molecule has 2 rings (SSSR count). The van der Waals surface area contributed by atoms with Gasteiger partial charge in [0.25, 0.3) is 0 Å². The second-order valence-corrected chi connectivity index (χ2v) is 10.2. The summed E-state index contributed by atoms with van der Waals surface area (Å²) in [4.78, 5) is 84.2. The number of halogens is 1. The minimum atomic E-state index is -1.83. The topological polar surface area (TPSA) is 221 Å². The molecule has 0 amide bonds. The van der Waals surface area contributed by atoms with Crippen LogP contribution in [0.4, 0.5) is 4.39 Å². The number of ether oxygens (including phenoxy) is 11. The molecular formula is C28H39FO18. The van der Waals surface area contributed by atoms with Crippen molar-refractivity contribution in [3.8, 4) is 0 Å². The molecule has 0 bridgehead atoms. The van der Waals surface area contributed by atoms with Gasteiger partial charge in [-0.15, -0.1) is 0 Å². The standard InChI is InChI=1S/C28H39FO18/c1-12(30)38-10-19-21(40-14(3)32)23(42-16(5)34)25(27(45-19)37-9-8-29)47-28-26(44-18(7)36)24(43-17(6)35)22(41-15(4)33)20(46-28)11-39-13(2)31/h19-28H,8-11H2,1-7H3/t19-,20+,21+,22+,23-,24-,25-,26-,27-,28+/m0/s1. The highest BCUT2D eigenvalue weighted by Crippen LogP contribution is 2.35. The molecule has 2 aliphatic heterocycles. The minimum Gasteiger partial charge on any atom is -0.463 e. The Labute approximate surface area is 268 Å². The van der Waals surface area contributed by atoms with Crippen molar-refractivity contribution in [3.05, 3.63) is 0 Å². The molecule has 2 fully saturated rings. The first-order chi connectivity index (χ1) is 22.0. The molecule has 10 atom stereocenters. The number of carbonyl (C=O) groups is 7. The van der Waals surface area contributed by atoms with E-state index in [1.807, 2.05) is 0 Å². The van der Waals surface area contributed by atoms with Gasteiger partial charge in [-0.05, 0) is 0 Å². The Bertz CT molecular complexity index is 1140. The van der Waals surface area contributed by atoms with Gasteiger partial charge in [0.1, 0.15) is 32.1 Å². The van der Waals surface area contributed by atoms with Crippen molar-refractivity contribution in [2.45, 2.75) is 110 Å².